The minimum absolute atomic E-state index is 0.201. The second kappa shape index (κ2) is 7.23. The molecule has 1 fully saturated rings. The summed E-state index contributed by atoms with van der Waals surface area (Å²) >= 11 is 0. The molecule has 1 aliphatic carbocycles. The summed E-state index contributed by atoms with van der Waals surface area (Å²) in [6.45, 7) is 1.91. The normalized spacial score (nSPS) is 16.8. The molecule has 2 aromatic carbocycles. The smallest absolute Gasteiger partial charge is 0.316 e. The highest BCUT2D eigenvalue weighted by Crippen LogP contribution is 2.29. The maximum Gasteiger partial charge on any atom is 0.316 e. The Morgan fingerprint density at radius 1 is 1.12 bits per heavy atom. The number of hydrogen-bond acceptors (Lipinski definition) is 3. The molecule has 1 saturated carbocycles. The van der Waals surface area contributed by atoms with E-state index in [0.717, 1.165) is 34.9 Å². The number of amides is 3. The summed E-state index contributed by atoms with van der Waals surface area (Å²) < 4.78 is 5.24. The van der Waals surface area contributed by atoms with Gasteiger partial charge in [-0.25, -0.2) is 4.79 Å². The van der Waals surface area contributed by atoms with Gasteiger partial charge in [0, 0.05) is 0 Å². The van der Waals surface area contributed by atoms with Gasteiger partial charge in [-0.15, -0.1) is 0 Å². The Morgan fingerprint density at radius 2 is 1.77 bits per heavy atom. The van der Waals surface area contributed by atoms with E-state index in [1.54, 1.807) is 7.11 Å². The van der Waals surface area contributed by atoms with Gasteiger partial charge in [0.1, 0.15) is 11.3 Å². The highest BCUT2D eigenvalue weighted by atomic mass is 16.5. The topological polar surface area (TPSA) is 93.4 Å². The Kier molecular flexibility index (Phi) is 5.02. The van der Waals surface area contributed by atoms with Gasteiger partial charge in [-0.3, -0.25) is 4.79 Å². The minimum atomic E-state index is -0.913. The zero-order chi connectivity index (χ0) is 18.7. The molecule has 26 heavy (non-hydrogen) atoms. The second-order valence-corrected chi connectivity index (χ2v) is 6.95. The number of carbonyl (C=O) groups excluding carboxylic acids is 2. The van der Waals surface area contributed by atoms with Crippen LogP contribution in [0.5, 0.6) is 5.75 Å². The quantitative estimate of drug-likeness (QED) is 0.769. The molecule has 1 atom stereocenters. The Hall–Kier alpha value is -2.76. The van der Waals surface area contributed by atoms with E-state index < -0.39 is 11.4 Å². The molecule has 0 unspecified atom stereocenters. The van der Waals surface area contributed by atoms with Crippen LogP contribution >= 0.6 is 0 Å². The van der Waals surface area contributed by atoms with Crippen molar-refractivity contribution in [2.75, 3.05) is 7.11 Å². The summed E-state index contributed by atoms with van der Waals surface area (Å²) in [5.74, 6) is 0.349. The number of ether oxygens (including phenoxy) is 1. The van der Waals surface area contributed by atoms with Gasteiger partial charge in [-0.05, 0) is 54.3 Å². The van der Waals surface area contributed by atoms with Crippen molar-refractivity contribution in [1.82, 2.24) is 10.6 Å². The third kappa shape index (κ3) is 3.59. The number of carbonyl (C=O) groups is 2. The van der Waals surface area contributed by atoms with E-state index in [1.165, 1.54) is 0 Å². The third-order valence-corrected chi connectivity index (χ3v) is 5.20. The van der Waals surface area contributed by atoms with Gasteiger partial charge in [0.05, 0.1) is 13.2 Å². The molecule has 3 rings (SSSR count). The number of nitrogens with two attached hydrogens (primary N) is 1. The molecule has 0 bridgehead atoms. The molecule has 3 amide bonds. The number of nitrogens with one attached hydrogen (secondary N) is 2. The fraction of sp³-hybridized carbons (Fsp3) is 0.400. The Balaban J connectivity index is 1.71. The first-order chi connectivity index (χ1) is 12.4. The molecule has 0 aliphatic heterocycles. The van der Waals surface area contributed by atoms with Gasteiger partial charge < -0.3 is 21.1 Å². The van der Waals surface area contributed by atoms with Crippen molar-refractivity contribution < 1.29 is 14.3 Å². The third-order valence-electron chi connectivity index (χ3n) is 5.20. The number of hydrogen-bond donors (Lipinski definition) is 3. The maximum atomic E-state index is 12.4. The molecule has 0 radical (unpaired) electrons. The van der Waals surface area contributed by atoms with E-state index in [2.05, 4.69) is 10.6 Å². The molecule has 1 aliphatic rings. The standard InChI is InChI=1S/C20H25N3O3/c1-13(22-19(25)23-20(18(21)24)9-3-4-10-20)14-5-6-16-12-17(26-2)8-7-15(16)11-14/h5-8,11-13H,3-4,9-10H2,1-2H3,(H2,21,24)(H2,22,23,25)/t13-/m0/s1. The summed E-state index contributed by atoms with van der Waals surface area (Å²) in [6, 6.07) is 11.3. The molecular formula is C20H25N3O3. The average molecular weight is 355 g/mol. The fourth-order valence-electron chi connectivity index (χ4n) is 3.58. The summed E-state index contributed by atoms with van der Waals surface area (Å²) in [5.41, 5.74) is 5.59. The monoisotopic (exact) mass is 355 g/mol. The summed E-state index contributed by atoms with van der Waals surface area (Å²) in [5, 5.41) is 7.85. The van der Waals surface area contributed by atoms with Crippen molar-refractivity contribution in [3.8, 4) is 5.75 Å². The van der Waals surface area contributed by atoms with Crippen LogP contribution in [0.15, 0.2) is 36.4 Å². The van der Waals surface area contributed by atoms with Gasteiger partial charge in [0.25, 0.3) is 0 Å². The Labute approximate surface area is 153 Å². The molecule has 138 valence electrons. The zero-order valence-corrected chi connectivity index (χ0v) is 15.2. The van der Waals surface area contributed by atoms with Crippen LogP contribution < -0.4 is 21.1 Å². The summed E-state index contributed by atoms with van der Waals surface area (Å²) in [4.78, 5) is 24.2. The maximum absolute atomic E-state index is 12.4. The van der Waals surface area contributed by atoms with E-state index in [0.29, 0.717) is 12.8 Å². The number of methoxy groups -OCH3 is 1. The van der Waals surface area contributed by atoms with E-state index >= 15 is 0 Å². The molecule has 6 heteroatoms. The van der Waals surface area contributed by atoms with Crippen molar-refractivity contribution in [2.45, 2.75) is 44.2 Å². The lowest BCUT2D eigenvalue weighted by molar-refractivity contribution is -0.123. The van der Waals surface area contributed by atoms with Gasteiger partial charge in [0.15, 0.2) is 0 Å². The van der Waals surface area contributed by atoms with Crippen LogP contribution in [0.1, 0.15) is 44.2 Å². The first kappa shape index (κ1) is 18.0. The molecular weight excluding hydrogens is 330 g/mol. The van der Waals surface area contributed by atoms with Crippen molar-refractivity contribution in [3.63, 3.8) is 0 Å². The van der Waals surface area contributed by atoms with E-state index in [9.17, 15) is 9.59 Å². The summed E-state index contributed by atoms with van der Waals surface area (Å²) in [7, 11) is 1.64. The predicted octanol–water partition coefficient (Wildman–Crippen LogP) is 3.01. The largest absolute Gasteiger partial charge is 0.497 e. The molecule has 2 aromatic rings. The Bertz CT molecular complexity index is 828. The van der Waals surface area contributed by atoms with Crippen LogP contribution in [0.25, 0.3) is 10.8 Å². The van der Waals surface area contributed by atoms with Crippen LogP contribution in [-0.4, -0.2) is 24.6 Å². The highest BCUT2D eigenvalue weighted by Gasteiger charge is 2.41. The predicted molar refractivity (Wildman–Crippen MR) is 101 cm³/mol. The van der Waals surface area contributed by atoms with Crippen LogP contribution in [-0.2, 0) is 4.79 Å². The highest BCUT2D eigenvalue weighted by molar-refractivity contribution is 5.90. The average Bonchev–Trinajstić information content (AvgIpc) is 3.10. The van der Waals surface area contributed by atoms with E-state index in [-0.39, 0.29) is 12.1 Å². The second-order valence-electron chi connectivity index (χ2n) is 6.95. The first-order valence-electron chi connectivity index (χ1n) is 8.90. The number of urea groups is 1. The fourth-order valence-corrected chi connectivity index (χ4v) is 3.58. The van der Waals surface area contributed by atoms with E-state index in [4.69, 9.17) is 10.5 Å². The number of rotatable bonds is 5. The van der Waals surface area contributed by atoms with Crippen molar-refractivity contribution >= 4 is 22.7 Å². The van der Waals surface area contributed by atoms with Crippen LogP contribution in [0.2, 0.25) is 0 Å². The van der Waals surface area contributed by atoms with Crippen molar-refractivity contribution in [3.05, 3.63) is 42.0 Å². The molecule has 6 nitrogen and oxygen atoms in total. The van der Waals surface area contributed by atoms with Gasteiger partial charge in [-0.2, -0.15) is 0 Å². The minimum Gasteiger partial charge on any atom is -0.497 e. The van der Waals surface area contributed by atoms with Crippen molar-refractivity contribution in [1.29, 1.82) is 0 Å². The van der Waals surface area contributed by atoms with Crippen LogP contribution in [0.3, 0.4) is 0 Å². The number of benzene rings is 2. The zero-order valence-electron chi connectivity index (χ0n) is 15.2. The van der Waals surface area contributed by atoms with E-state index in [1.807, 2.05) is 43.3 Å². The van der Waals surface area contributed by atoms with Crippen LogP contribution in [0, 0.1) is 0 Å². The van der Waals surface area contributed by atoms with Gasteiger partial charge in [-0.1, -0.05) is 31.0 Å². The SMILES string of the molecule is COc1ccc2cc([C@H](C)NC(=O)NC3(C(N)=O)CCCC3)ccc2c1. The molecule has 0 heterocycles. The Morgan fingerprint density at radius 3 is 2.42 bits per heavy atom. The van der Waals surface area contributed by atoms with Gasteiger partial charge >= 0.3 is 6.03 Å². The lowest BCUT2D eigenvalue weighted by Crippen LogP contribution is -2.58. The number of primary amides is 1. The summed E-state index contributed by atoms with van der Waals surface area (Å²) in [6.07, 6.45) is 2.99. The molecule has 0 aromatic heterocycles. The lowest BCUT2D eigenvalue weighted by atomic mass is 9.97. The number of fused-ring (bicyclic) bond motifs is 1. The molecule has 0 spiro atoms. The lowest BCUT2D eigenvalue weighted by Gasteiger charge is -2.27. The van der Waals surface area contributed by atoms with Crippen molar-refractivity contribution in [2.24, 2.45) is 5.73 Å². The first-order valence-corrected chi connectivity index (χ1v) is 8.90. The molecule has 4 N–H and O–H groups in total. The van der Waals surface area contributed by atoms with Crippen LogP contribution in [0.4, 0.5) is 4.79 Å². The molecule has 0 saturated heterocycles. The van der Waals surface area contributed by atoms with Gasteiger partial charge in [0.2, 0.25) is 5.91 Å².